The van der Waals surface area contributed by atoms with Gasteiger partial charge in [-0.2, -0.15) is 0 Å². The third-order valence-corrected chi connectivity index (χ3v) is 9.51. The lowest BCUT2D eigenvalue weighted by Gasteiger charge is -2.59. The molecule has 4 N–H and O–H groups in total. The van der Waals surface area contributed by atoms with E-state index in [-0.39, 0.29) is 29.7 Å². The standard InChI is InChI=1S/C22H28ClN3O4S/c1-12-16(23)3-2-4-17(12)26(31(29)30)22(5-6-22)20(28)25-18-14-7-13-8-15(18)11-21(9-13,10-14)19(24)27/h2-4,13-15,18H,5-11H2,1H3,(H2,24,27)(H,25,28)(H,29,30). The molecule has 0 saturated heterocycles. The van der Waals surface area contributed by atoms with E-state index in [0.29, 0.717) is 35.0 Å². The van der Waals surface area contributed by atoms with Gasteiger partial charge in [0.25, 0.3) is 11.3 Å². The number of primary amides is 1. The smallest absolute Gasteiger partial charge is 0.262 e. The van der Waals surface area contributed by atoms with Crippen LogP contribution in [0.2, 0.25) is 5.02 Å². The summed E-state index contributed by atoms with van der Waals surface area (Å²) >= 11 is 3.87. The molecule has 5 fully saturated rings. The van der Waals surface area contributed by atoms with Crippen molar-refractivity contribution in [1.82, 2.24) is 5.32 Å². The molecule has 168 valence electrons. The molecule has 0 aliphatic heterocycles. The van der Waals surface area contributed by atoms with Crippen molar-refractivity contribution >= 4 is 40.4 Å². The number of carbonyl (C=O) groups excluding carboxylic acids is 2. The third kappa shape index (κ3) is 3.21. The highest BCUT2D eigenvalue weighted by atomic mass is 35.5. The van der Waals surface area contributed by atoms with Gasteiger partial charge in [0, 0.05) is 16.5 Å². The molecule has 7 nitrogen and oxygen atoms in total. The Kier molecular flexibility index (Phi) is 4.92. The molecule has 2 amide bonds. The number of anilines is 1. The van der Waals surface area contributed by atoms with Gasteiger partial charge in [0.05, 0.1) is 5.69 Å². The first kappa shape index (κ1) is 21.2. The van der Waals surface area contributed by atoms with Crippen molar-refractivity contribution in [3.05, 3.63) is 28.8 Å². The molecule has 5 aliphatic carbocycles. The Bertz CT molecular complexity index is 966. The minimum absolute atomic E-state index is 0.0107. The van der Waals surface area contributed by atoms with Gasteiger partial charge in [-0.25, -0.2) is 4.21 Å². The Balaban J connectivity index is 1.40. The lowest BCUT2D eigenvalue weighted by Crippen LogP contribution is -2.64. The van der Waals surface area contributed by atoms with Crippen molar-refractivity contribution < 1.29 is 18.4 Å². The summed E-state index contributed by atoms with van der Waals surface area (Å²) in [5.41, 5.74) is 5.48. The van der Waals surface area contributed by atoms with Crippen LogP contribution in [0.15, 0.2) is 18.2 Å². The van der Waals surface area contributed by atoms with E-state index in [9.17, 15) is 18.4 Å². The number of nitrogens with two attached hydrogens (primary N) is 1. The quantitative estimate of drug-likeness (QED) is 0.560. The number of amides is 2. The fourth-order valence-corrected chi connectivity index (χ4v) is 7.87. The zero-order chi connectivity index (χ0) is 22.1. The Morgan fingerprint density at radius 3 is 2.42 bits per heavy atom. The van der Waals surface area contributed by atoms with Crippen molar-refractivity contribution in [2.75, 3.05) is 4.31 Å². The summed E-state index contributed by atoms with van der Waals surface area (Å²) in [4.78, 5) is 25.7. The van der Waals surface area contributed by atoms with E-state index in [1.54, 1.807) is 25.1 Å². The number of rotatable bonds is 6. The van der Waals surface area contributed by atoms with Gasteiger partial charge in [-0.05, 0) is 87.3 Å². The summed E-state index contributed by atoms with van der Waals surface area (Å²) in [6, 6.07) is 5.16. The fourth-order valence-electron chi connectivity index (χ4n) is 6.77. The van der Waals surface area contributed by atoms with Gasteiger partial charge in [0.2, 0.25) is 11.8 Å². The van der Waals surface area contributed by atoms with Crippen molar-refractivity contribution in [3.8, 4) is 0 Å². The number of carbonyl (C=O) groups is 2. The van der Waals surface area contributed by atoms with Crippen LogP contribution < -0.4 is 15.4 Å². The van der Waals surface area contributed by atoms with Gasteiger partial charge in [0.15, 0.2) is 0 Å². The SMILES string of the molecule is Cc1c(Cl)cccc1N(S(=O)O)C1(C(=O)NC2C3CC4CC2CC(C(N)=O)(C4)C3)CC1. The Hall–Kier alpha value is -1.64. The first-order valence-corrected chi connectivity index (χ1v) is 12.4. The van der Waals surface area contributed by atoms with Crippen LogP contribution in [0.3, 0.4) is 0 Å². The average Bonchev–Trinajstić information content (AvgIpc) is 3.49. The molecule has 0 aromatic heterocycles. The lowest BCUT2D eigenvalue weighted by molar-refractivity contribution is -0.147. The van der Waals surface area contributed by atoms with Crippen LogP contribution in [-0.2, 0) is 20.9 Å². The number of nitrogens with one attached hydrogen (secondary N) is 1. The van der Waals surface area contributed by atoms with E-state index < -0.39 is 22.2 Å². The molecule has 1 aromatic carbocycles. The Morgan fingerprint density at radius 1 is 1.23 bits per heavy atom. The van der Waals surface area contributed by atoms with Crippen molar-refractivity contribution in [1.29, 1.82) is 0 Å². The predicted octanol–water partition coefficient (Wildman–Crippen LogP) is 2.92. The highest BCUT2D eigenvalue weighted by Crippen LogP contribution is 2.60. The summed E-state index contributed by atoms with van der Waals surface area (Å²) in [6.07, 6.45) is 5.37. The maximum Gasteiger partial charge on any atom is 0.262 e. The normalized spacial score (nSPS) is 35.5. The predicted molar refractivity (Wildman–Crippen MR) is 119 cm³/mol. The molecule has 9 heteroatoms. The van der Waals surface area contributed by atoms with Crippen LogP contribution >= 0.6 is 11.6 Å². The molecule has 0 radical (unpaired) electrons. The van der Waals surface area contributed by atoms with Gasteiger partial charge in [-0.15, -0.1) is 0 Å². The minimum Gasteiger partial charge on any atom is -0.369 e. The summed E-state index contributed by atoms with van der Waals surface area (Å²) < 4.78 is 23.8. The van der Waals surface area contributed by atoms with Gasteiger partial charge < -0.3 is 11.1 Å². The van der Waals surface area contributed by atoms with Crippen molar-refractivity contribution in [2.24, 2.45) is 28.9 Å². The number of hydrogen-bond acceptors (Lipinski definition) is 3. The van der Waals surface area contributed by atoms with E-state index in [1.807, 2.05) is 0 Å². The van der Waals surface area contributed by atoms with Crippen molar-refractivity contribution in [3.63, 3.8) is 0 Å². The summed E-state index contributed by atoms with van der Waals surface area (Å²) in [5.74, 6) is 0.566. The second kappa shape index (κ2) is 7.18. The van der Waals surface area contributed by atoms with Crippen molar-refractivity contribution in [2.45, 2.75) is 63.5 Å². The van der Waals surface area contributed by atoms with Crippen LogP contribution in [0.4, 0.5) is 5.69 Å². The zero-order valence-electron chi connectivity index (χ0n) is 17.5. The molecule has 6 rings (SSSR count). The van der Waals surface area contributed by atoms with E-state index in [0.717, 1.165) is 32.1 Å². The molecule has 4 bridgehead atoms. The monoisotopic (exact) mass is 465 g/mol. The largest absolute Gasteiger partial charge is 0.369 e. The topological polar surface area (TPSA) is 113 Å². The maximum atomic E-state index is 13.5. The van der Waals surface area contributed by atoms with E-state index >= 15 is 0 Å². The molecule has 5 saturated carbocycles. The second-order valence-corrected chi connectivity index (χ2v) is 11.3. The average molecular weight is 466 g/mol. The summed E-state index contributed by atoms with van der Waals surface area (Å²) in [5, 5.41) is 3.74. The van der Waals surface area contributed by atoms with Crippen LogP contribution in [0, 0.1) is 30.1 Å². The molecule has 3 atom stereocenters. The molecule has 0 heterocycles. The molecule has 5 aliphatic rings. The lowest BCUT2D eigenvalue weighted by atomic mass is 9.47. The maximum absolute atomic E-state index is 13.5. The molecular formula is C22H28ClN3O4S. The number of halogens is 1. The summed E-state index contributed by atoms with van der Waals surface area (Å²) in [7, 11) is 0. The molecule has 1 aromatic rings. The fraction of sp³-hybridized carbons (Fsp3) is 0.636. The number of benzene rings is 1. The minimum atomic E-state index is -2.37. The first-order chi connectivity index (χ1) is 14.7. The molecule has 0 spiro atoms. The van der Waals surface area contributed by atoms with Crippen LogP contribution in [0.25, 0.3) is 0 Å². The van der Waals surface area contributed by atoms with E-state index in [1.165, 1.54) is 4.31 Å². The van der Waals surface area contributed by atoms with E-state index in [4.69, 9.17) is 17.3 Å². The van der Waals surface area contributed by atoms with Crippen LogP contribution in [-0.4, -0.2) is 32.2 Å². The second-order valence-electron chi connectivity index (χ2n) is 10.1. The third-order valence-electron chi connectivity index (χ3n) is 8.24. The van der Waals surface area contributed by atoms with Gasteiger partial charge in [-0.3, -0.25) is 18.4 Å². The number of hydrogen-bond donors (Lipinski definition) is 3. The zero-order valence-corrected chi connectivity index (χ0v) is 19.0. The highest BCUT2D eigenvalue weighted by Gasteiger charge is 2.61. The molecule has 31 heavy (non-hydrogen) atoms. The number of nitrogens with zero attached hydrogens (tertiary/aromatic N) is 1. The van der Waals surface area contributed by atoms with Gasteiger partial charge in [-0.1, -0.05) is 17.7 Å². The molecule has 3 unspecified atom stereocenters. The van der Waals surface area contributed by atoms with Gasteiger partial charge >= 0.3 is 0 Å². The summed E-state index contributed by atoms with van der Waals surface area (Å²) in [6.45, 7) is 1.78. The van der Waals surface area contributed by atoms with Crippen LogP contribution in [0.5, 0.6) is 0 Å². The van der Waals surface area contributed by atoms with Gasteiger partial charge in [0.1, 0.15) is 5.54 Å². The highest BCUT2D eigenvalue weighted by molar-refractivity contribution is 7.80. The van der Waals surface area contributed by atoms with E-state index in [2.05, 4.69) is 5.32 Å². The molecular weight excluding hydrogens is 438 g/mol. The Morgan fingerprint density at radius 2 is 1.87 bits per heavy atom. The first-order valence-electron chi connectivity index (χ1n) is 10.9. The Labute approximate surface area is 189 Å². The van der Waals surface area contributed by atoms with Crippen LogP contribution in [0.1, 0.15) is 50.5 Å².